The zero-order valence-electron chi connectivity index (χ0n) is 5.79. The maximum absolute atomic E-state index is 5.26. The Morgan fingerprint density at radius 2 is 2.44 bits per heavy atom. The number of hydrogen-bond donors (Lipinski definition) is 0. The minimum Gasteiger partial charge on any atom is -0.353 e. The summed E-state index contributed by atoms with van der Waals surface area (Å²) in [6.45, 7) is 3.40. The molecular formula is C6H12O2S. The van der Waals surface area contributed by atoms with Crippen molar-refractivity contribution in [2.24, 2.45) is 0 Å². The van der Waals surface area contributed by atoms with Crippen LogP contribution < -0.4 is 0 Å². The van der Waals surface area contributed by atoms with E-state index < -0.39 is 0 Å². The smallest absolute Gasteiger partial charge is 0.147 e. The molecule has 0 aromatic rings. The summed E-state index contributed by atoms with van der Waals surface area (Å²) in [7, 11) is 0. The van der Waals surface area contributed by atoms with Gasteiger partial charge in [0.1, 0.15) is 6.79 Å². The molecule has 0 saturated carbocycles. The molecule has 2 atom stereocenters. The lowest BCUT2D eigenvalue weighted by Crippen LogP contribution is -2.21. The van der Waals surface area contributed by atoms with Crippen molar-refractivity contribution in [3.63, 3.8) is 0 Å². The van der Waals surface area contributed by atoms with Crippen LogP contribution in [0.5, 0.6) is 0 Å². The molecule has 1 saturated heterocycles. The summed E-state index contributed by atoms with van der Waals surface area (Å²) in [6, 6.07) is 0. The van der Waals surface area contributed by atoms with E-state index in [1.807, 2.05) is 11.8 Å². The van der Waals surface area contributed by atoms with Gasteiger partial charge in [-0.25, -0.2) is 0 Å². The van der Waals surface area contributed by atoms with Crippen LogP contribution in [0.1, 0.15) is 6.92 Å². The van der Waals surface area contributed by atoms with Crippen molar-refractivity contribution in [3.8, 4) is 0 Å². The van der Waals surface area contributed by atoms with Crippen molar-refractivity contribution >= 4 is 11.8 Å². The van der Waals surface area contributed by atoms with Gasteiger partial charge in [0.05, 0.1) is 12.7 Å². The summed E-state index contributed by atoms with van der Waals surface area (Å²) in [4.78, 5) is 0. The van der Waals surface area contributed by atoms with Crippen LogP contribution in [-0.4, -0.2) is 31.0 Å². The van der Waals surface area contributed by atoms with E-state index in [0.29, 0.717) is 18.1 Å². The van der Waals surface area contributed by atoms with E-state index >= 15 is 0 Å². The van der Waals surface area contributed by atoms with Crippen molar-refractivity contribution in [3.05, 3.63) is 0 Å². The highest BCUT2D eigenvalue weighted by molar-refractivity contribution is 7.99. The molecule has 0 spiro atoms. The Kier molecular flexibility index (Phi) is 2.82. The number of hydrogen-bond acceptors (Lipinski definition) is 3. The van der Waals surface area contributed by atoms with Gasteiger partial charge in [-0.3, -0.25) is 0 Å². The van der Waals surface area contributed by atoms with Crippen LogP contribution in [-0.2, 0) is 9.47 Å². The molecule has 0 amide bonds. The Morgan fingerprint density at radius 1 is 1.67 bits per heavy atom. The molecule has 0 aromatic heterocycles. The van der Waals surface area contributed by atoms with Gasteiger partial charge in [-0.2, -0.15) is 11.8 Å². The molecule has 0 bridgehead atoms. The Bertz CT molecular complexity index is 81.1. The third kappa shape index (κ3) is 1.85. The van der Waals surface area contributed by atoms with E-state index in [2.05, 4.69) is 13.2 Å². The van der Waals surface area contributed by atoms with E-state index in [-0.39, 0.29) is 0 Å². The highest BCUT2D eigenvalue weighted by atomic mass is 32.2. The first-order chi connectivity index (χ1) is 4.34. The van der Waals surface area contributed by atoms with E-state index in [9.17, 15) is 0 Å². The van der Waals surface area contributed by atoms with E-state index in [1.54, 1.807) is 0 Å². The molecular weight excluding hydrogens is 136 g/mol. The maximum atomic E-state index is 5.26. The standard InChI is InChI=1S/C6H12O2S/c1-5(9-2)6-3-7-4-8-6/h5-6H,3-4H2,1-2H3. The molecule has 1 aliphatic heterocycles. The second-order valence-electron chi connectivity index (χ2n) is 2.13. The number of thioether (sulfide) groups is 1. The zero-order valence-corrected chi connectivity index (χ0v) is 6.61. The van der Waals surface area contributed by atoms with Gasteiger partial charge in [-0.05, 0) is 6.26 Å². The molecule has 54 valence electrons. The summed E-state index contributed by atoms with van der Waals surface area (Å²) in [5, 5.41) is 0.562. The lowest BCUT2D eigenvalue weighted by molar-refractivity contribution is 0.0474. The average Bonchev–Trinajstić information content (AvgIpc) is 2.37. The molecule has 0 aliphatic carbocycles. The molecule has 2 unspecified atom stereocenters. The summed E-state index contributed by atoms with van der Waals surface area (Å²) in [5.41, 5.74) is 0. The van der Waals surface area contributed by atoms with Crippen molar-refractivity contribution < 1.29 is 9.47 Å². The van der Waals surface area contributed by atoms with Crippen LogP contribution in [0, 0.1) is 0 Å². The molecule has 1 rings (SSSR count). The minimum absolute atomic E-state index is 0.319. The van der Waals surface area contributed by atoms with Crippen molar-refractivity contribution in [1.29, 1.82) is 0 Å². The topological polar surface area (TPSA) is 18.5 Å². The van der Waals surface area contributed by atoms with Crippen LogP contribution in [0.25, 0.3) is 0 Å². The Balaban J connectivity index is 2.24. The maximum Gasteiger partial charge on any atom is 0.147 e. The van der Waals surface area contributed by atoms with Crippen LogP contribution in [0.2, 0.25) is 0 Å². The Labute approximate surface area is 59.9 Å². The third-order valence-corrected chi connectivity index (χ3v) is 2.59. The van der Waals surface area contributed by atoms with Crippen molar-refractivity contribution in [2.75, 3.05) is 19.7 Å². The molecule has 2 nitrogen and oxygen atoms in total. The molecule has 9 heavy (non-hydrogen) atoms. The molecule has 1 heterocycles. The highest BCUT2D eigenvalue weighted by Crippen LogP contribution is 2.17. The summed E-state index contributed by atoms with van der Waals surface area (Å²) in [6.07, 6.45) is 2.41. The molecule has 0 aromatic carbocycles. The minimum atomic E-state index is 0.319. The molecule has 0 N–H and O–H groups in total. The van der Waals surface area contributed by atoms with E-state index in [1.165, 1.54) is 0 Å². The fraction of sp³-hybridized carbons (Fsp3) is 1.00. The fourth-order valence-electron chi connectivity index (χ4n) is 0.771. The summed E-state index contributed by atoms with van der Waals surface area (Å²) >= 11 is 1.82. The summed E-state index contributed by atoms with van der Waals surface area (Å²) in [5.74, 6) is 0. The zero-order chi connectivity index (χ0) is 6.69. The lowest BCUT2D eigenvalue weighted by atomic mass is 10.3. The number of ether oxygens (including phenoxy) is 2. The largest absolute Gasteiger partial charge is 0.353 e. The first-order valence-corrected chi connectivity index (χ1v) is 4.35. The average molecular weight is 148 g/mol. The van der Waals surface area contributed by atoms with E-state index in [4.69, 9.17) is 9.47 Å². The normalized spacial score (nSPS) is 30.7. The predicted molar refractivity (Wildman–Crippen MR) is 38.7 cm³/mol. The predicted octanol–water partition coefficient (Wildman–Crippen LogP) is 1.11. The summed E-state index contributed by atoms with van der Waals surface area (Å²) < 4.78 is 10.3. The quantitative estimate of drug-likeness (QED) is 0.584. The van der Waals surface area contributed by atoms with Gasteiger partial charge in [0.15, 0.2) is 0 Å². The lowest BCUT2D eigenvalue weighted by Gasteiger charge is -2.12. The Morgan fingerprint density at radius 3 is 2.89 bits per heavy atom. The van der Waals surface area contributed by atoms with Gasteiger partial charge in [0.25, 0.3) is 0 Å². The molecule has 1 aliphatic rings. The van der Waals surface area contributed by atoms with Gasteiger partial charge >= 0.3 is 0 Å². The highest BCUT2D eigenvalue weighted by Gasteiger charge is 2.21. The SMILES string of the molecule is CSC(C)C1COCO1. The Hall–Kier alpha value is 0.270. The monoisotopic (exact) mass is 148 g/mol. The van der Waals surface area contributed by atoms with Gasteiger partial charge in [-0.15, -0.1) is 0 Å². The first-order valence-electron chi connectivity index (χ1n) is 3.06. The van der Waals surface area contributed by atoms with Crippen molar-refractivity contribution in [2.45, 2.75) is 18.3 Å². The van der Waals surface area contributed by atoms with Crippen LogP contribution >= 0.6 is 11.8 Å². The fourth-order valence-corrected chi connectivity index (χ4v) is 1.23. The van der Waals surface area contributed by atoms with Gasteiger partial charge < -0.3 is 9.47 Å². The molecule has 1 fully saturated rings. The number of rotatable bonds is 2. The van der Waals surface area contributed by atoms with Crippen LogP contribution in [0.4, 0.5) is 0 Å². The second kappa shape index (κ2) is 3.44. The van der Waals surface area contributed by atoms with Crippen molar-refractivity contribution in [1.82, 2.24) is 0 Å². The van der Waals surface area contributed by atoms with E-state index in [0.717, 1.165) is 6.61 Å². The van der Waals surface area contributed by atoms with Crippen LogP contribution in [0.3, 0.4) is 0 Å². The molecule has 3 heteroatoms. The third-order valence-electron chi connectivity index (χ3n) is 1.54. The van der Waals surface area contributed by atoms with Gasteiger partial charge in [-0.1, -0.05) is 6.92 Å². The molecule has 0 radical (unpaired) electrons. The van der Waals surface area contributed by atoms with Gasteiger partial charge in [0, 0.05) is 5.25 Å². The van der Waals surface area contributed by atoms with Crippen LogP contribution in [0.15, 0.2) is 0 Å². The second-order valence-corrected chi connectivity index (χ2v) is 3.35. The van der Waals surface area contributed by atoms with Gasteiger partial charge in [0.2, 0.25) is 0 Å². The first kappa shape index (κ1) is 7.38.